The lowest BCUT2D eigenvalue weighted by atomic mass is 9.52. The number of aliphatic hydroxyl groups excluding tert-OH is 1. The second-order valence-corrected chi connectivity index (χ2v) is 7.04. The van der Waals surface area contributed by atoms with Crippen molar-refractivity contribution >= 4 is 5.78 Å². The SMILES string of the molecule is CC1=CC2O[C@H]3C[C@@H](O)[C@@](C)(C2(C)CC1=O)C31CO1. The van der Waals surface area contributed by atoms with Crippen LogP contribution in [0.5, 0.6) is 0 Å². The van der Waals surface area contributed by atoms with Crippen molar-refractivity contribution in [3.8, 4) is 0 Å². The molecule has 1 spiro atoms. The summed E-state index contributed by atoms with van der Waals surface area (Å²) in [6.07, 6.45) is 2.41. The molecule has 0 aromatic heterocycles. The molecule has 19 heavy (non-hydrogen) atoms. The normalized spacial score (nSPS) is 59.1. The van der Waals surface area contributed by atoms with Gasteiger partial charge in [-0.1, -0.05) is 13.8 Å². The Morgan fingerprint density at radius 1 is 1.42 bits per heavy atom. The molecule has 4 nitrogen and oxygen atoms in total. The Balaban J connectivity index is 1.90. The zero-order valence-electron chi connectivity index (χ0n) is 11.6. The van der Waals surface area contributed by atoms with Gasteiger partial charge in [-0.15, -0.1) is 0 Å². The van der Waals surface area contributed by atoms with Crippen molar-refractivity contribution in [3.05, 3.63) is 11.6 Å². The van der Waals surface area contributed by atoms with E-state index in [0.717, 1.165) is 5.57 Å². The summed E-state index contributed by atoms with van der Waals surface area (Å²) < 4.78 is 12.0. The van der Waals surface area contributed by atoms with E-state index in [9.17, 15) is 9.90 Å². The molecule has 3 fully saturated rings. The van der Waals surface area contributed by atoms with E-state index in [1.54, 1.807) is 0 Å². The maximum Gasteiger partial charge on any atom is 0.159 e. The number of aliphatic hydroxyl groups is 1. The Morgan fingerprint density at radius 2 is 2.11 bits per heavy atom. The van der Waals surface area contributed by atoms with Crippen LogP contribution in [0.4, 0.5) is 0 Å². The predicted molar refractivity (Wildman–Crippen MR) is 67.6 cm³/mol. The Morgan fingerprint density at radius 3 is 2.74 bits per heavy atom. The number of rotatable bonds is 0. The monoisotopic (exact) mass is 264 g/mol. The van der Waals surface area contributed by atoms with E-state index in [0.29, 0.717) is 19.4 Å². The molecule has 1 saturated carbocycles. The molecule has 4 heteroatoms. The third-order valence-corrected chi connectivity index (χ3v) is 6.45. The third kappa shape index (κ3) is 1.08. The maximum atomic E-state index is 12.2. The number of ether oxygens (including phenoxy) is 2. The number of hydrogen-bond donors (Lipinski definition) is 1. The minimum atomic E-state index is -0.463. The van der Waals surface area contributed by atoms with E-state index in [4.69, 9.17) is 9.47 Å². The molecule has 2 aliphatic carbocycles. The van der Waals surface area contributed by atoms with E-state index in [1.807, 2.05) is 13.0 Å². The topological polar surface area (TPSA) is 59.1 Å². The summed E-state index contributed by atoms with van der Waals surface area (Å²) in [5.74, 6) is 0.164. The Labute approximate surface area is 112 Å². The standard InChI is InChI=1S/C15H20O4/c1-8-4-11-13(2,6-9(8)16)14(3)10(17)5-12(19-11)15(14)7-18-15/h4,10-12,17H,5-7H2,1-3H3/t10-,11?,12+,13?,14+,15?/m1/s1. The summed E-state index contributed by atoms with van der Waals surface area (Å²) in [6, 6.07) is 0. The fourth-order valence-corrected chi connectivity index (χ4v) is 4.76. The van der Waals surface area contributed by atoms with Crippen LogP contribution in [0, 0.1) is 10.8 Å². The molecule has 2 aliphatic heterocycles. The van der Waals surface area contributed by atoms with Gasteiger partial charge in [-0.3, -0.25) is 4.79 Å². The highest BCUT2D eigenvalue weighted by Gasteiger charge is 2.80. The van der Waals surface area contributed by atoms with E-state index < -0.39 is 11.5 Å². The number of fused-ring (bicyclic) bond motifs is 2. The van der Waals surface area contributed by atoms with Crippen molar-refractivity contribution in [1.29, 1.82) is 0 Å². The zero-order chi connectivity index (χ0) is 13.6. The maximum absolute atomic E-state index is 12.2. The van der Waals surface area contributed by atoms with Gasteiger partial charge in [0, 0.05) is 23.7 Å². The van der Waals surface area contributed by atoms with Crippen LogP contribution < -0.4 is 0 Å². The quantitative estimate of drug-likeness (QED) is 0.668. The summed E-state index contributed by atoms with van der Waals surface area (Å²) in [5.41, 5.74) is -0.364. The molecule has 1 N–H and O–H groups in total. The molecule has 0 amide bonds. The van der Waals surface area contributed by atoms with Gasteiger partial charge in [0.2, 0.25) is 0 Å². The summed E-state index contributed by atoms with van der Waals surface area (Å²) in [4.78, 5) is 12.2. The first-order valence-corrected chi connectivity index (χ1v) is 7.04. The molecular weight excluding hydrogens is 244 g/mol. The van der Waals surface area contributed by atoms with Crippen molar-refractivity contribution < 1.29 is 19.4 Å². The highest BCUT2D eigenvalue weighted by atomic mass is 16.6. The fraction of sp³-hybridized carbons (Fsp3) is 0.800. The molecule has 0 radical (unpaired) electrons. The summed E-state index contributed by atoms with van der Waals surface area (Å²) >= 11 is 0. The fourth-order valence-electron chi connectivity index (χ4n) is 4.76. The highest BCUT2D eigenvalue weighted by Crippen LogP contribution is 2.70. The number of carbonyl (C=O) groups is 1. The summed E-state index contributed by atoms with van der Waals surface area (Å²) in [7, 11) is 0. The average Bonchev–Trinajstić information content (AvgIpc) is 3.10. The smallest absolute Gasteiger partial charge is 0.159 e. The second-order valence-electron chi connectivity index (χ2n) is 7.04. The van der Waals surface area contributed by atoms with E-state index >= 15 is 0 Å². The van der Waals surface area contributed by atoms with Gasteiger partial charge in [0.25, 0.3) is 0 Å². The van der Waals surface area contributed by atoms with Gasteiger partial charge in [-0.05, 0) is 18.6 Å². The number of ketones is 1. The molecule has 2 heterocycles. The molecule has 2 bridgehead atoms. The van der Waals surface area contributed by atoms with Gasteiger partial charge in [0.05, 0.1) is 24.9 Å². The minimum Gasteiger partial charge on any atom is -0.392 e. The van der Waals surface area contributed by atoms with Crippen LogP contribution in [-0.4, -0.2) is 41.4 Å². The molecule has 4 rings (SSSR count). The number of hydrogen-bond acceptors (Lipinski definition) is 4. The van der Waals surface area contributed by atoms with Crippen molar-refractivity contribution in [2.75, 3.05) is 6.61 Å². The lowest BCUT2D eigenvalue weighted by Gasteiger charge is -2.56. The molecular formula is C15H20O4. The molecule has 4 aliphatic rings. The van der Waals surface area contributed by atoms with Crippen LogP contribution in [0.15, 0.2) is 11.6 Å². The van der Waals surface area contributed by atoms with Gasteiger partial charge in [-0.25, -0.2) is 0 Å². The van der Waals surface area contributed by atoms with Crippen molar-refractivity contribution in [2.24, 2.45) is 10.8 Å². The molecule has 0 aromatic rings. The van der Waals surface area contributed by atoms with Crippen molar-refractivity contribution in [2.45, 2.75) is 57.5 Å². The first kappa shape index (κ1) is 12.1. The Bertz CT molecular complexity index is 506. The first-order valence-electron chi connectivity index (χ1n) is 7.04. The molecule has 6 atom stereocenters. The number of carbonyl (C=O) groups excluding carboxylic acids is 1. The largest absolute Gasteiger partial charge is 0.392 e. The Kier molecular flexibility index (Phi) is 1.99. The summed E-state index contributed by atoms with van der Waals surface area (Å²) in [6.45, 7) is 6.66. The second kappa shape index (κ2) is 3.13. The van der Waals surface area contributed by atoms with E-state index in [-0.39, 0.29) is 29.0 Å². The first-order chi connectivity index (χ1) is 8.85. The number of Topliss-reactive ketones (excluding diaryl/α,β-unsaturated/α-hetero) is 1. The van der Waals surface area contributed by atoms with Gasteiger partial charge in [0.15, 0.2) is 5.78 Å². The van der Waals surface area contributed by atoms with Crippen molar-refractivity contribution in [3.63, 3.8) is 0 Å². The van der Waals surface area contributed by atoms with Gasteiger partial charge >= 0.3 is 0 Å². The van der Waals surface area contributed by atoms with Crippen molar-refractivity contribution in [1.82, 2.24) is 0 Å². The lowest BCUT2D eigenvalue weighted by Crippen LogP contribution is -2.64. The zero-order valence-corrected chi connectivity index (χ0v) is 11.6. The van der Waals surface area contributed by atoms with E-state index in [2.05, 4.69) is 13.8 Å². The van der Waals surface area contributed by atoms with E-state index in [1.165, 1.54) is 0 Å². The van der Waals surface area contributed by atoms with Gasteiger partial charge in [-0.2, -0.15) is 0 Å². The highest BCUT2D eigenvalue weighted by molar-refractivity contribution is 5.96. The third-order valence-electron chi connectivity index (χ3n) is 6.45. The van der Waals surface area contributed by atoms with Crippen LogP contribution in [0.3, 0.4) is 0 Å². The average molecular weight is 264 g/mol. The lowest BCUT2D eigenvalue weighted by molar-refractivity contribution is -0.204. The Hall–Kier alpha value is -0.710. The number of allylic oxidation sites excluding steroid dienone is 1. The molecule has 104 valence electrons. The molecule has 2 saturated heterocycles. The minimum absolute atomic E-state index is 0.0390. The van der Waals surface area contributed by atoms with Crippen LogP contribution in [-0.2, 0) is 14.3 Å². The van der Waals surface area contributed by atoms with Crippen LogP contribution in [0.1, 0.15) is 33.6 Å². The summed E-state index contributed by atoms with van der Waals surface area (Å²) in [5, 5.41) is 10.6. The van der Waals surface area contributed by atoms with Gasteiger partial charge < -0.3 is 14.6 Å². The van der Waals surface area contributed by atoms with Crippen LogP contribution >= 0.6 is 0 Å². The number of epoxide rings is 1. The molecule has 0 aromatic carbocycles. The van der Waals surface area contributed by atoms with Crippen LogP contribution in [0.2, 0.25) is 0 Å². The van der Waals surface area contributed by atoms with Gasteiger partial charge in [0.1, 0.15) is 5.60 Å². The predicted octanol–water partition coefficient (Wildman–Crippen LogP) is 1.22. The van der Waals surface area contributed by atoms with Crippen LogP contribution in [0.25, 0.3) is 0 Å². The molecule has 3 unspecified atom stereocenters.